The summed E-state index contributed by atoms with van der Waals surface area (Å²) in [6.45, 7) is 3.20. The number of anilines is 1. The number of thiophene rings is 1. The van der Waals surface area contributed by atoms with Crippen LogP contribution in [0.2, 0.25) is 0 Å². The second kappa shape index (κ2) is 8.85. The SMILES string of the molecule is CC1Cc2cc(S(=O)(=O)N3CCC(C(=O)NCc4cccs4)CC3)ccc2N1C(=O)C1CC1. The average molecular weight is 488 g/mol. The Morgan fingerprint density at radius 1 is 1.09 bits per heavy atom. The number of nitrogens with one attached hydrogen (secondary N) is 1. The Morgan fingerprint density at radius 3 is 2.52 bits per heavy atom. The van der Waals surface area contributed by atoms with Crippen LogP contribution in [0.4, 0.5) is 5.69 Å². The van der Waals surface area contributed by atoms with E-state index in [0.29, 0.717) is 38.9 Å². The normalized spacial score (nSPS) is 21.7. The van der Waals surface area contributed by atoms with Crippen molar-refractivity contribution >= 4 is 38.9 Å². The van der Waals surface area contributed by atoms with Crippen LogP contribution >= 0.6 is 11.3 Å². The summed E-state index contributed by atoms with van der Waals surface area (Å²) in [5.74, 6) is 0.119. The third-order valence-electron chi connectivity index (χ3n) is 6.91. The zero-order valence-electron chi connectivity index (χ0n) is 18.7. The molecule has 176 valence electrons. The molecule has 1 saturated carbocycles. The molecule has 0 radical (unpaired) electrons. The number of benzene rings is 1. The highest BCUT2D eigenvalue weighted by atomic mass is 32.2. The Labute approximate surface area is 198 Å². The molecule has 0 bridgehead atoms. The Kier molecular flexibility index (Phi) is 6.05. The smallest absolute Gasteiger partial charge is 0.243 e. The lowest BCUT2D eigenvalue weighted by molar-refractivity contribution is -0.126. The van der Waals surface area contributed by atoms with Crippen LogP contribution in [-0.2, 0) is 32.6 Å². The predicted molar refractivity (Wildman–Crippen MR) is 127 cm³/mol. The minimum atomic E-state index is -3.64. The first-order valence-corrected chi connectivity index (χ1v) is 13.9. The number of carbonyl (C=O) groups is 2. The molecule has 3 aliphatic rings. The Hall–Kier alpha value is -2.23. The van der Waals surface area contributed by atoms with Crippen molar-refractivity contribution in [1.29, 1.82) is 0 Å². The predicted octanol–water partition coefficient (Wildman–Crippen LogP) is 3.15. The van der Waals surface area contributed by atoms with E-state index >= 15 is 0 Å². The molecule has 2 aromatic rings. The fourth-order valence-electron chi connectivity index (χ4n) is 4.87. The van der Waals surface area contributed by atoms with Gasteiger partial charge in [0.25, 0.3) is 0 Å². The summed E-state index contributed by atoms with van der Waals surface area (Å²) in [6, 6.07) is 9.14. The van der Waals surface area contributed by atoms with Gasteiger partial charge in [-0.05, 0) is 74.2 Å². The van der Waals surface area contributed by atoms with Gasteiger partial charge < -0.3 is 10.2 Å². The van der Waals surface area contributed by atoms with Crippen molar-refractivity contribution in [2.24, 2.45) is 11.8 Å². The van der Waals surface area contributed by atoms with Gasteiger partial charge in [0.1, 0.15) is 0 Å². The summed E-state index contributed by atoms with van der Waals surface area (Å²) in [5.41, 5.74) is 1.76. The highest BCUT2D eigenvalue weighted by Gasteiger charge is 2.40. The summed E-state index contributed by atoms with van der Waals surface area (Å²) < 4.78 is 28.1. The van der Waals surface area contributed by atoms with E-state index in [1.165, 1.54) is 4.31 Å². The van der Waals surface area contributed by atoms with Gasteiger partial charge in [-0.3, -0.25) is 9.59 Å². The summed E-state index contributed by atoms with van der Waals surface area (Å²) in [7, 11) is -3.64. The van der Waals surface area contributed by atoms with Crippen LogP contribution < -0.4 is 10.2 Å². The Morgan fingerprint density at radius 2 is 1.85 bits per heavy atom. The van der Waals surface area contributed by atoms with Gasteiger partial charge in [0.2, 0.25) is 21.8 Å². The molecule has 1 aliphatic carbocycles. The molecule has 9 heteroatoms. The third-order valence-corrected chi connectivity index (χ3v) is 9.68. The average Bonchev–Trinajstić information content (AvgIpc) is 3.43. The topological polar surface area (TPSA) is 86.8 Å². The molecule has 2 fully saturated rings. The molecule has 1 unspecified atom stereocenters. The molecule has 2 aliphatic heterocycles. The maximum Gasteiger partial charge on any atom is 0.243 e. The minimum Gasteiger partial charge on any atom is -0.351 e. The monoisotopic (exact) mass is 487 g/mol. The van der Waals surface area contributed by atoms with Crippen molar-refractivity contribution in [2.45, 2.75) is 56.5 Å². The molecule has 33 heavy (non-hydrogen) atoms. The van der Waals surface area contributed by atoms with Crippen molar-refractivity contribution in [1.82, 2.24) is 9.62 Å². The fourth-order valence-corrected chi connectivity index (χ4v) is 7.04. The number of fused-ring (bicyclic) bond motifs is 1. The number of sulfonamides is 1. The van der Waals surface area contributed by atoms with E-state index < -0.39 is 10.0 Å². The lowest BCUT2D eigenvalue weighted by Crippen LogP contribution is -2.42. The van der Waals surface area contributed by atoms with Crippen LogP contribution in [0.15, 0.2) is 40.6 Å². The largest absolute Gasteiger partial charge is 0.351 e. The summed E-state index contributed by atoms with van der Waals surface area (Å²) in [4.78, 5) is 28.4. The van der Waals surface area contributed by atoms with Crippen LogP contribution in [0.5, 0.6) is 0 Å². The van der Waals surface area contributed by atoms with E-state index in [9.17, 15) is 18.0 Å². The van der Waals surface area contributed by atoms with Crippen LogP contribution in [0.25, 0.3) is 0 Å². The first kappa shape index (κ1) is 22.6. The molecule has 3 heterocycles. The molecule has 7 nitrogen and oxygen atoms in total. The molecule has 1 aromatic heterocycles. The fraction of sp³-hybridized carbons (Fsp3) is 0.500. The van der Waals surface area contributed by atoms with E-state index in [0.717, 1.165) is 29.0 Å². The maximum absolute atomic E-state index is 13.3. The van der Waals surface area contributed by atoms with Crippen molar-refractivity contribution in [2.75, 3.05) is 18.0 Å². The molecule has 1 N–H and O–H groups in total. The second-order valence-corrected chi connectivity index (χ2v) is 12.3. The second-order valence-electron chi connectivity index (χ2n) is 9.30. The number of nitrogens with zero attached hydrogens (tertiary/aromatic N) is 2. The van der Waals surface area contributed by atoms with Crippen molar-refractivity contribution in [3.63, 3.8) is 0 Å². The molecule has 0 spiro atoms. The number of piperidine rings is 1. The van der Waals surface area contributed by atoms with Gasteiger partial charge in [-0.25, -0.2) is 8.42 Å². The zero-order valence-corrected chi connectivity index (χ0v) is 20.3. The molecule has 2 amide bonds. The van der Waals surface area contributed by atoms with Crippen LogP contribution in [0.1, 0.15) is 43.0 Å². The van der Waals surface area contributed by atoms with E-state index in [1.807, 2.05) is 29.3 Å². The van der Waals surface area contributed by atoms with Gasteiger partial charge in [-0.1, -0.05) is 6.07 Å². The number of amides is 2. The quantitative estimate of drug-likeness (QED) is 0.678. The number of hydrogen-bond acceptors (Lipinski definition) is 5. The number of carbonyl (C=O) groups excluding carboxylic acids is 2. The van der Waals surface area contributed by atoms with Gasteiger partial charge in [-0.15, -0.1) is 11.3 Å². The molecule has 1 saturated heterocycles. The molecular formula is C24H29N3O4S2. The van der Waals surface area contributed by atoms with E-state index in [1.54, 1.807) is 29.5 Å². The van der Waals surface area contributed by atoms with Crippen LogP contribution in [0, 0.1) is 11.8 Å². The molecule has 5 rings (SSSR count). The van der Waals surface area contributed by atoms with Crippen molar-refractivity contribution in [3.05, 3.63) is 46.2 Å². The van der Waals surface area contributed by atoms with Crippen LogP contribution in [0.3, 0.4) is 0 Å². The first-order valence-electron chi connectivity index (χ1n) is 11.6. The first-order chi connectivity index (χ1) is 15.8. The maximum atomic E-state index is 13.3. The van der Waals surface area contributed by atoms with E-state index in [-0.39, 0.29) is 34.6 Å². The lowest BCUT2D eigenvalue weighted by atomic mass is 9.97. The highest BCUT2D eigenvalue weighted by Crippen LogP contribution is 2.40. The Bertz CT molecular complexity index is 1150. The van der Waals surface area contributed by atoms with Crippen LogP contribution in [-0.4, -0.2) is 43.7 Å². The molecule has 1 atom stereocenters. The summed E-state index contributed by atoms with van der Waals surface area (Å²) in [5, 5.41) is 4.95. The van der Waals surface area contributed by atoms with Gasteiger partial charge in [-0.2, -0.15) is 4.31 Å². The third kappa shape index (κ3) is 4.46. The lowest BCUT2D eigenvalue weighted by Gasteiger charge is -2.30. The number of rotatable bonds is 6. The molecule has 1 aromatic carbocycles. The molecular weight excluding hydrogens is 458 g/mol. The Balaban J connectivity index is 1.23. The zero-order chi connectivity index (χ0) is 23.2. The number of hydrogen-bond donors (Lipinski definition) is 1. The van der Waals surface area contributed by atoms with Gasteiger partial charge in [0.05, 0.1) is 11.4 Å². The minimum absolute atomic E-state index is 0.00705. The van der Waals surface area contributed by atoms with Gasteiger partial charge in [0, 0.05) is 41.5 Å². The van der Waals surface area contributed by atoms with E-state index in [4.69, 9.17) is 0 Å². The van der Waals surface area contributed by atoms with Crippen molar-refractivity contribution in [3.8, 4) is 0 Å². The van der Waals surface area contributed by atoms with Crippen molar-refractivity contribution < 1.29 is 18.0 Å². The van der Waals surface area contributed by atoms with E-state index in [2.05, 4.69) is 5.32 Å². The summed E-state index contributed by atoms with van der Waals surface area (Å²) >= 11 is 1.60. The summed E-state index contributed by atoms with van der Waals surface area (Å²) in [6.07, 6.45) is 3.60. The highest BCUT2D eigenvalue weighted by molar-refractivity contribution is 7.89. The van der Waals surface area contributed by atoms with Gasteiger partial charge in [0.15, 0.2) is 0 Å². The standard InChI is InChI=1S/C24H29N3O4S2/c1-16-13-19-14-21(6-7-22(19)27(16)24(29)18-4-5-18)33(30,31)26-10-8-17(9-11-26)23(28)25-15-20-3-2-12-32-20/h2-3,6-7,12,14,16-18H,4-5,8-11,13,15H2,1H3,(H,25,28). The van der Waals surface area contributed by atoms with Gasteiger partial charge >= 0.3 is 0 Å².